The molecule has 1 saturated heterocycles. The number of aromatic nitrogens is 7. The van der Waals surface area contributed by atoms with Crippen LogP contribution in [-0.4, -0.2) is 70.6 Å². The smallest absolute Gasteiger partial charge is 0.331 e. The summed E-state index contributed by atoms with van der Waals surface area (Å²) in [4.78, 5) is 66.6. The molecule has 4 aromatic heterocycles. The highest BCUT2D eigenvalue weighted by atomic mass is 16.5. The highest BCUT2D eigenvalue weighted by Gasteiger charge is 2.46. The minimum atomic E-state index is -0.380. The number of hydrogen-bond donors (Lipinski definition) is 1. The van der Waals surface area contributed by atoms with Crippen LogP contribution in [0.25, 0.3) is 5.65 Å². The van der Waals surface area contributed by atoms with Gasteiger partial charge >= 0.3 is 12.0 Å². The molecule has 3 aliphatic rings. The highest BCUT2D eigenvalue weighted by molar-refractivity contribution is 6.13. The van der Waals surface area contributed by atoms with Gasteiger partial charge in [0.15, 0.2) is 5.65 Å². The molecule has 4 amide bonds. The molecule has 4 aromatic rings. The summed E-state index contributed by atoms with van der Waals surface area (Å²) in [6.45, 7) is 3.59. The van der Waals surface area contributed by atoms with E-state index >= 15 is 0 Å². The number of imidazole rings is 1. The second kappa shape index (κ2) is 9.82. The summed E-state index contributed by atoms with van der Waals surface area (Å²) >= 11 is 0. The molecule has 14 heteroatoms. The van der Waals surface area contributed by atoms with Crippen molar-refractivity contribution in [1.29, 1.82) is 0 Å². The van der Waals surface area contributed by atoms with Crippen LogP contribution in [0.2, 0.25) is 0 Å². The fourth-order valence-electron chi connectivity index (χ4n) is 5.18. The summed E-state index contributed by atoms with van der Waals surface area (Å²) < 4.78 is 7.73. The fraction of sp³-hybridized carbons (Fsp3) is 0.393. The van der Waals surface area contributed by atoms with Gasteiger partial charge in [0.05, 0.1) is 11.4 Å². The minimum Gasteiger partial charge on any atom is -0.457 e. The standard InChI is InChI=1S/C28H28N10O4/c1-14-6-7-29-23(30-14)19-9-20(19)25(40)34-26-31-15(2)32-27(35-26)42-13-18-11-37-10-17(16-4-5-16)8-21(24(37)33-18)38-12-22(39)36(3)28(38)41/h6-8,10-11,16,19-20H,4-5,9,12-13H2,1-3H3,(H,31,32,34,35,40)/t19-,20-/m0/s1. The van der Waals surface area contributed by atoms with Crippen molar-refractivity contribution < 1.29 is 19.1 Å². The summed E-state index contributed by atoms with van der Waals surface area (Å²) in [6.07, 6.45) is 8.36. The number of likely N-dealkylation sites (N-methyl/N-ethyl adjacent to an activating group) is 1. The number of pyridine rings is 1. The summed E-state index contributed by atoms with van der Waals surface area (Å²) in [6, 6.07) is 3.44. The van der Waals surface area contributed by atoms with E-state index in [1.807, 2.05) is 35.9 Å². The molecule has 0 aromatic carbocycles. The lowest BCUT2D eigenvalue weighted by molar-refractivity contribution is -0.124. The number of urea groups is 1. The van der Waals surface area contributed by atoms with E-state index in [9.17, 15) is 14.4 Å². The number of nitrogens with one attached hydrogen (secondary N) is 1. The van der Waals surface area contributed by atoms with E-state index < -0.39 is 0 Å². The van der Waals surface area contributed by atoms with Crippen molar-refractivity contribution in [3.63, 3.8) is 0 Å². The number of ether oxygens (including phenoxy) is 1. The first-order chi connectivity index (χ1) is 20.2. The Morgan fingerprint density at radius 2 is 1.93 bits per heavy atom. The molecule has 1 aliphatic heterocycles. The molecule has 14 nitrogen and oxygen atoms in total. The minimum absolute atomic E-state index is 0.0294. The average Bonchev–Trinajstić information content (AvgIpc) is 3.88. The zero-order valence-corrected chi connectivity index (χ0v) is 23.3. The molecule has 2 saturated carbocycles. The molecule has 0 spiro atoms. The Morgan fingerprint density at radius 3 is 2.67 bits per heavy atom. The van der Waals surface area contributed by atoms with Gasteiger partial charge in [-0.3, -0.25) is 24.7 Å². The van der Waals surface area contributed by atoms with Crippen molar-refractivity contribution in [2.24, 2.45) is 5.92 Å². The van der Waals surface area contributed by atoms with Crippen molar-refractivity contribution in [1.82, 2.24) is 39.2 Å². The maximum atomic E-state index is 12.9. The molecular formula is C28H28N10O4. The number of carbonyl (C=O) groups excluding carboxylic acids is 3. The van der Waals surface area contributed by atoms with Crippen LogP contribution >= 0.6 is 0 Å². The van der Waals surface area contributed by atoms with Crippen LogP contribution in [-0.2, 0) is 16.2 Å². The Balaban J connectivity index is 1.07. The molecule has 5 heterocycles. The zero-order chi connectivity index (χ0) is 29.1. The van der Waals surface area contributed by atoms with E-state index in [1.54, 1.807) is 13.1 Å². The SMILES string of the molecule is Cc1ccnc([C@H]2C[C@@H]2C(=O)Nc2nc(C)nc(OCc3cn4cc(C5CC5)cc(N5CC(=O)N(C)C5=O)c4n3)n2)n1. The molecule has 2 atom stereocenters. The monoisotopic (exact) mass is 568 g/mol. The second-order valence-corrected chi connectivity index (χ2v) is 11.0. The van der Waals surface area contributed by atoms with Crippen LogP contribution in [0.3, 0.4) is 0 Å². The lowest BCUT2D eigenvalue weighted by Crippen LogP contribution is -2.30. The van der Waals surface area contributed by atoms with Gasteiger partial charge in [-0.25, -0.2) is 19.7 Å². The Kier molecular flexibility index (Phi) is 6.06. The number of nitrogens with zero attached hydrogens (tertiary/aromatic N) is 9. The van der Waals surface area contributed by atoms with Gasteiger partial charge in [0.1, 0.15) is 24.8 Å². The number of hydrogen-bond acceptors (Lipinski definition) is 10. The number of imide groups is 1. The van der Waals surface area contributed by atoms with Crippen LogP contribution in [0.1, 0.15) is 59.7 Å². The van der Waals surface area contributed by atoms with E-state index in [4.69, 9.17) is 9.72 Å². The van der Waals surface area contributed by atoms with Gasteiger partial charge in [-0.05, 0) is 56.7 Å². The van der Waals surface area contributed by atoms with Crippen molar-refractivity contribution >= 4 is 35.1 Å². The molecule has 0 bridgehead atoms. The summed E-state index contributed by atoms with van der Waals surface area (Å²) in [5.41, 5.74) is 3.67. The third-order valence-electron chi connectivity index (χ3n) is 7.71. The largest absolute Gasteiger partial charge is 0.457 e. The van der Waals surface area contributed by atoms with Crippen molar-refractivity contribution in [3.05, 3.63) is 59.3 Å². The van der Waals surface area contributed by atoms with E-state index in [2.05, 4.69) is 30.2 Å². The summed E-state index contributed by atoms with van der Waals surface area (Å²) in [5, 5.41) is 2.77. The first kappa shape index (κ1) is 25.9. The number of aryl methyl sites for hydroxylation is 2. The van der Waals surface area contributed by atoms with Gasteiger partial charge in [-0.1, -0.05) is 0 Å². The highest BCUT2D eigenvalue weighted by Crippen LogP contribution is 2.46. The van der Waals surface area contributed by atoms with E-state index in [0.29, 0.717) is 41.0 Å². The molecule has 0 unspecified atom stereocenters. The third kappa shape index (κ3) is 4.88. The first-order valence-electron chi connectivity index (χ1n) is 13.8. The molecule has 0 radical (unpaired) electrons. The maximum Gasteiger partial charge on any atom is 0.331 e. The fourth-order valence-corrected chi connectivity index (χ4v) is 5.18. The first-order valence-corrected chi connectivity index (χ1v) is 13.8. The number of rotatable bonds is 8. The molecule has 42 heavy (non-hydrogen) atoms. The van der Waals surface area contributed by atoms with Gasteiger partial charge in [-0.2, -0.15) is 15.0 Å². The Labute approximate surface area is 240 Å². The third-order valence-corrected chi connectivity index (χ3v) is 7.71. The molecule has 1 N–H and O–H groups in total. The van der Waals surface area contributed by atoms with Crippen LogP contribution in [0, 0.1) is 19.8 Å². The van der Waals surface area contributed by atoms with Crippen molar-refractivity contribution in [3.8, 4) is 6.01 Å². The molecule has 3 fully saturated rings. The number of carbonyl (C=O) groups is 3. The normalized spacial score (nSPS) is 20.0. The van der Waals surface area contributed by atoms with E-state index in [1.165, 1.54) is 11.9 Å². The predicted octanol–water partition coefficient (Wildman–Crippen LogP) is 2.52. The van der Waals surface area contributed by atoms with Gasteiger partial charge < -0.3 is 9.14 Å². The van der Waals surface area contributed by atoms with Crippen LogP contribution in [0.5, 0.6) is 6.01 Å². The average molecular weight is 569 g/mol. The quantitative estimate of drug-likeness (QED) is 0.313. The lowest BCUT2D eigenvalue weighted by atomic mass is 10.1. The molecule has 214 valence electrons. The topological polar surface area (TPSA) is 161 Å². The zero-order valence-electron chi connectivity index (χ0n) is 23.3. The molecule has 2 aliphatic carbocycles. The summed E-state index contributed by atoms with van der Waals surface area (Å²) in [5.74, 6) is 0.831. The van der Waals surface area contributed by atoms with Crippen molar-refractivity contribution in [2.45, 2.75) is 51.6 Å². The predicted molar refractivity (Wildman–Crippen MR) is 148 cm³/mol. The molecular weight excluding hydrogens is 540 g/mol. The van der Waals surface area contributed by atoms with Crippen molar-refractivity contribution in [2.75, 3.05) is 23.8 Å². The van der Waals surface area contributed by atoms with Crippen LogP contribution < -0.4 is 15.0 Å². The number of fused-ring (bicyclic) bond motifs is 1. The lowest BCUT2D eigenvalue weighted by Gasteiger charge is -2.17. The van der Waals surface area contributed by atoms with Crippen LogP contribution in [0.15, 0.2) is 30.7 Å². The maximum absolute atomic E-state index is 12.9. The Morgan fingerprint density at radius 1 is 1.10 bits per heavy atom. The van der Waals surface area contributed by atoms with Gasteiger partial charge in [0.25, 0.3) is 0 Å². The molecule has 7 rings (SSSR count). The number of amides is 4. The van der Waals surface area contributed by atoms with Gasteiger partial charge in [0.2, 0.25) is 17.8 Å². The number of anilines is 2. The second-order valence-electron chi connectivity index (χ2n) is 11.0. The van der Waals surface area contributed by atoms with Crippen LogP contribution in [0.4, 0.5) is 16.4 Å². The van der Waals surface area contributed by atoms with E-state index in [0.717, 1.165) is 29.0 Å². The summed E-state index contributed by atoms with van der Waals surface area (Å²) in [7, 11) is 1.48. The van der Waals surface area contributed by atoms with Gasteiger partial charge in [0, 0.05) is 43.2 Å². The Bertz CT molecular complexity index is 1770. The van der Waals surface area contributed by atoms with Gasteiger partial charge in [-0.15, -0.1) is 0 Å². The van der Waals surface area contributed by atoms with E-state index in [-0.39, 0.29) is 54.8 Å². The Hall–Kier alpha value is -5.01.